The maximum Gasteiger partial charge on any atom is 0.226 e. The number of benzene rings is 2. The summed E-state index contributed by atoms with van der Waals surface area (Å²) in [6.45, 7) is 5.46. The van der Waals surface area contributed by atoms with E-state index in [-0.39, 0.29) is 18.1 Å². The Bertz CT molecular complexity index is 1190. The minimum Gasteiger partial charge on any atom is -0.461 e. The van der Waals surface area contributed by atoms with E-state index in [2.05, 4.69) is 29.0 Å². The lowest BCUT2D eigenvalue weighted by Crippen LogP contribution is -2.32. The maximum atomic E-state index is 13.1. The van der Waals surface area contributed by atoms with E-state index < -0.39 is 0 Å². The lowest BCUT2D eigenvalue weighted by Gasteiger charge is -2.27. The van der Waals surface area contributed by atoms with Crippen molar-refractivity contribution in [1.29, 1.82) is 0 Å². The lowest BCUT2D eigenvalue weighted by molar-refractivity contribution is -0.116. The highest BCUT2D eigenvalue weighted by Gasteiger charge is 2.18. The monoisotopic (exact) mass is 432 g/mol. The quantitative estimate of drug-likeness (QED) is 0.397. The largest absolute Gasteiger partial charge is 0.461 e. The van der Waals surface area contributed by atoms with E-state index in [9.17, 15) is 9.18 Å². The summed E-state index contributed by atoms with van der Waals surface area (Å²) in [4.78, 5) is 24.1. The van der Waals surface area contributed by atoms with Gasteiger partial charge in [-0.1, -0.05) is 26.0 Å². The number of carbonyl (C=O) groups excluding carboxylic acids is 1. The zero-order valence-electron chi connectivity index (χ0n) is 18.1. The first-order chi connectivity index (χ1) is 15.5. The van der Waals surface area contributed by atoms with Gasteiger partial charge in [0.15, 0.2) is 11.6 Å². The van der Waals surface area contributed by atoms with Crippen LogP contribution in [0.1, 0.15) is 20.3 Å². The van der Waals surface area contributed by atoms with Gasteiger partial charge in [0.05, 0.1) is 11.8 Å². The second kappa shape index (κ2) is 9.60. The molecular weight excluding hydrogens is 407 g/mol. The van der Waals surface area contributed by atoms with Gasteiger partial charge in [-0.2, -0.15) is 0 Å². The Hall–Kier alpha value is -3.74. The number of nitrogens with zero attached hydrogens (tertiary/aromatic N) is 3. The molecule has 0 fully saturated rings. The van der Waals surface area contributed by atoms with Crippen LogP contribution in [0.5, 0.6) is 0 Å². The van der Waals surface area contributed by atoms with Crippen LogP contribution in [-0.2, 0) is 4.79 Å². The molecule has 4 aromatic rings. The molecule has 0 saturated carbocycles. The van der Waals surface area contributed by atoms with E-state index in [1.807, 2.05) is 30.3 Å². The number of para-hydroxylation sites is 1. The second-order valence-corrected chi connectivity index (χ2v) is 8.01. The third-order valence-electron chi connectivity index (χ3n) is 4.95. The van der Waals surface area contributed by atoms with Crippen molar-refractivity contribution in [2.45, 2.75) is 20.3 Å². The van der Waals surface area contributed by atoms with Crippen LogP contribution in [0.15, 0.2) is 71.3 Å². The van der Waals surface area contributed by atoms with Crippen LogP contribution in [0.25, 0.3) is 22.5 Å². The first-order valence-corrected chi connectivity index (χ1v) is 10.6. The van der Waals surface area contributed by atoms with E-state index in [1.54, 1.807) is 24.5 Å². The number of hydrogen-bond acceptors (Lipinski definition) is 5. The topological polar surface area (TPSA) is 71.3 Å². The third kappa shape index (κ3) is 5.11. The van der Waals surface area contributed by atoms with Crippen LogP contribution in [0, 0.1) is 11.7 Å². The molecule has 0 spiro atoms. The fourth-order valence-electron chi connectivity index (χ4n) is 3.53. The Morgan fingerprint density at radius 1 is 1.06 bits per heavy atom. The number of halogens is 1. The number of fused-ring (bicyclic) bond motifs is 1. The van der Waals surface area contributed by atoms with Gasteiger partial charge in [-0.15, -0.1) is 0 Å². The standard InChI is InChI=1S/C25H25FN4O2/c1-17(2)16-30(14-13-23(31)27-19-11-9-18(26)10-12-19)25-20-6-3-4-7-21(20)28-24(29-25)22-8-5-15-32-22/h3-12,15,17H,13-14,16H2,1-2H3,(H,27,31). The van der Waals surface area contributed by atoms with E-state index in [1.165, 1.54) is 12.1 Å². The smallest absolute Gasteiger partial charge is 0.226 e. The highest BCUT2D eigenvalue weighted by molar-refractivity contribution is 5.93. The fraction of sp³-hybridized carbons (Fsp3) is 0.240. The van der Waals surface area contributed by atoms with Gasteiger partial charge in [-0.3, -0.25) is 4.79 Å². The number of rotatable bonds is 8. The molecule has 2 aromatic heterocycles. The average Bonchev–Trinajstić information content (AvgIpc) is 3.32. The molecule has 0 aliphatic carbocycles. The maximum absolute atomic E-state index is 13.1. The zero-order valence-corrected chi connectivity index (χ0v) is 18.1. The fourth-order valence-corrected chi connectivity index (χ4v) is 3.53. The Labute approximate surface area is 186 Å². The predicted octanol–water partition coefficient (Wildman–Crippen LogP) is 5.52. The third-order valence-corrected chi connectivity index (χ3v) is 4.95. The van der Waals surface area contributed by atoms with Crippen molar-refractivity contribution in [1.82, 2.24) is 9.97 Å². The van der Waals surface area contributed by atoms with Crippen molar-refractivity contribution in [3.8, 4) is 11.6 Å². The van der Waals surface area contributed by atoms with E-state index in [0.717, 1.165) is 23.3 Å². The molecule has 32 heavy (non-hydrogen) atoms. The van der Waals surface area contributed by atoms with Gasteiger partial charge in [-0.25, -0.2) is 14.4 Å². The number of furan rings is 1. The first-order valence-electron chi connectivity index (χ1n) is 10.6. The molecule has 2 heterocycles. The molecule has 164 valence electrons. The summed E-state index contributed by atoms with van der Waals surface area (Å²) in [5.41, 5.74) is 1.38. The van der Waals surface area contributed by atoms with E-state index >= 15 is 0 Å². The second-order valence-electron chi connectivity index (χ2n) is 8.01. The van der Waals surface area contributed by atoms with Crippen molar-refractivity contribution in [3.63, 3.8) is 0 Å². The molecule has 2 aromatic carbocycles. The molecule has 0 aliphatic rings. The number of aromatic nitrogens is 2. The first kappa shape index (κ1) is 21.5. The summed E-state index contributed by atoms with van der Waals surface area (Å²) in [7, 11) is 0. The van der Waals surface area contributed by atoms with Crippen LogP contribution in [-0.4, -0.2) is 29.0 Å². The molecule has 0 radical (unpaired) electrons. The van der Waals surface area contributed by atoms with Crippen molar-refractivity contribution < 1.29 is 13.6 Å². The van der Waals surface area contributed by atoms with E-state index in [4.69, 9.17) is 9.40 Å². The molecular formula is C25H25FN4O2. The summed E-state index contributed by atoms with van der Waals surface area (Å²) in [6, 6.07) is 17.2. The number of nitrogens with one attached hydrogen (secondary N) is 1. The summed E-state index contributed by atoms with van der Waals surface area (Å²) < 4.78 is 18.6. The van der Waals surface area contributed by atoms with Gasteiger partial charge in [-0.05, 0) is 54.4 Å². The predicted molar refractivity (Wildman–Crippen MR) is 124 cm³/mol. The summed E-state index contributed by atoms with van der Waals surface area (Å²) in [5, 5.41) is 3.74. The molecule has 4 rings (SSSR count). The SMILES string of the molecule is CC(C)CN(CCC(=O)Nc1ccc(F)cc1)c1nc(-c2ccco2)nc2ccccc12. The van der Waals surface area contributed by atoms with Crippen LogP contribution in [0.2, 0.25) is 0 Å². The highest BCUT2D eigenvalue weighted by Crippen LogP contribution is 2.28. The molecule has 0 saturated heterocycles. The molecule has 0 atom stereocenters. The van der Waals surface area contributed by atoms with Crippen molar-refractivity contribution >= 4 is 28.3 Å². The van der Waals surface area contributed by atoms with Crippen LogP contribution in [0.3, 0.4) is 0 Å². The number of amides is 1. The number of carbonyl (C=O) groups is 1. The van der Waals surface area contributed by atoms with Gasteiger partial charge in [0, 0.05) is 30.6 Å². The highest BCUT2D eigenvalue weighted by atomic mass is 19.1. The number of anilines is 2. The minimum absolute atomic E-state index is 0.144. The van der Waals surface area contributed by atoms with Crippen LogP contribution < -0.4 is 10.2 Å². The van der Waals surface area contributed by atoms with Gasteiger partial charge >= 0.3 is 0 Å². The summed E-state index contributed by atoms with van der Waals surface area (Å²) in [6.07, 6.45) is 1.86. The van der Waals surface area contributed by atoms with Gasteiger partial charge < -0.3 is 14.6 Å². The molecule has 0 bridgehead atoms. The molecule has 6 nitrogen and oxygen atoms in total. The lowest BCUT2D eigenvalue weighted by atomic mass is 10.1. The molecule has 1 N–H and O–H groups in total. The van der Waals surface area contributed by atoms with Crippen LogP contribution >= 0.6 is 0 Å². The van der Waals surface area contributed by atoms with Crippen molar-refractivity contribution in [2.75, 3.05) is 23.3 Å². The Kier molecular flexibility index (Phi) is 6.44. The summed E-state index contributed by atoms with van der Waals surface area (Å²) in [5.74, 6) is 1.74. The Balaban J connectivity index is 1.61. The molecule has 0 unspecified atom stereocenters. The summed E-state index contributed by atoms with van der Waals surface area (Å²) >= 11 is 0. The van der Waals surface area contributed by atoms with E-state index in [0.29, 0.717) is 29.7 Å². The minimum atomic E-state index is -0.339. The average molecular weight is 432 g/mol. The Morgan fingerprint density at radius 2 is 1.84 bits per heavy atom. The Morgan fingerprint density at radius 3 is 2.56 bits per heavy atom. The van der Waals surface area contributed by atoms with Gasteiger partial charge in [0.2, 0.25) is 5.91 Å². The van der Waals surface area contributed by atoms with Crippen molar-refractivity contribution in [2.24, 2.45) is 5.92 Å². The molecule has 7 heteroatoms. The normalized spacial score (nSPS) is 11.1. The van der Waals surface area contributed by atoms with Crippen LogP contribution in [0.4, 0.5) is 15.9 Å². The van der Waals surface area contributed by atoms with Gasteiger partial charge in [0.1, 0.15) is 11.6 Å². The van der Waals surface area contributed by atoms with Gasteiger partial charge in [0.25, 0.3) is 0 Å². The zero-order chi connectivity index (χ0) is 22.5. The molecule has 1 amide bonds. The molecule has 0 aliphatic heterocycles. The van der Waals surface area contributed by atoms with Crippen molar-refractivity contribution in [3.05, 3.63) is 72.7 Å². The number of hydrogen-bond donors (Lipinski definition) is 1.